The third kappa shape index (κ3) is 6.26. The lowest BCUT2D eigenvalue weighted by Crippen LogP contribution is -2.21. The number of rotatable bonds is 8. The zero-order valence-electron chi connectivity index (χ0n) is 15.9. The summed E-state index contributed by atoms with van der Waals surface area (Å²) < 4.78 is 76.1. The quantitative estimate of drug-likeness (QED) is 0.271. The SMILES string of the molecule is COc1cc(C(=O)OCC(=O)Nc2ccc(C(F)(F)F)cc2)c([N+](=O)[O-])cc1OC(F)F. The molecule has 0 unspecified atom stereocenters. The van der Waals surface area contributed by atoms with Gasteiger partial charge in [0.2, 0.25) is 0 Å². The van der Waals surface area contributed by atoms with Crippen LogP contribution < -0.4 is 14.8 Å². The largest absolute Gasteiger partial charge is 0.493 e. The Labute approximate surface area is 175 Å². The summed E-state index contributed by atoms with van der Waals surface area (Å²) >= 11 is 0. The molecule has 0 bridgehead atoms. The number of halogens is 5. The molecule has 0 heterocycles. The molecule has 0 aromatic heterocycles. The first-order valence-corrected chi connectivity index (χ1v) is 8.38. The number of anilines is 1. The third-order valence-corrected chi connectivity index (χ3v) is 3.74. The highest BCUT2D eigenvalue weighted by molar-refractivity contribution is 5.98. The molecule has 172 valence electrons. The van der Waals surface area contributed by atoms with Crippen molar-refractivity contribution in [3.63, 3.8) is 0 Å². The smallest absolute Gasteiger partial charge is 0.416 e. The molecule has 0 aliphatic heterocycles. The summed E-state index contributed by atoms with van der Waals surface area (Å²) in [6.45, 7) is -4.27. The fourth-order valence-electron chi connectivity index (χ4n) is 2.36. The van der Waals surface area contributed by atoms with Crippen LogP contribution in [0.4, 0.5) is 33.3 Å². The average Bonchev–Trinajstić information content (AvgIpc) is 2.71. The van der Waals surface area contributed by atoms with Gasteiger partial charge in [0, 0.05) is 11.8 Å². The second kappa shape index (κ2) is 9.89. The number of nitrogens with one attached hydrogen (secondary N) is 1. The van der Waals surface area contributed by atoms with E-state index in [1.165, 1.54) is 0 Å². The van der Waals surface area contributed by atoms with Crippen molar-refractivity contribution in [3.05, 3.63) is 57.6 Å². The highest BCUT2D eigenvalue weighted by Gasteiger charge is 2.30. The first kappa shape index (κ1) is 24.3. The van der Waals surface area contributed by atoms with Crippen molar-refractivity contribution in [2.75, 3.05) is 19.0 Å². The number of hydrogen-bond acceptors (Lipinski definition) is 7. The summed E-state index contributed by atoms with van der Waals surface area (Å²) in [5.74, 6) is -3.45. The van der Waals surface area contributed by atoms with Crippen LogP contribution in [0.15, 0.2) is 36.4 Å². The number of alkyl halides is 5. The van der Waals surface area contributed by atoms with Crippen molar-refractivity contribution in [2.45, 2.75) is 12.8 Å². The van der Waals surface area contributed by atoms with E-state index in [0.717, 1.165) is 37.4 Å². The number of hydrogen-bond donors (Lipinski definition) is 1. The fourth-order valence-corrected chi connectivity index (χ4v) is 2.36. The van der Waals surface area contributed by atoms with E-state index in [9.17, 15) is 41.7 Å². The highest BCUT2D eigenvalue weighted by Crippen LogP contribution is 2.36. The summed E-state index contributed by atoms with van der Waals surface area (Å²) in [7, 11) is 1.03. The minimum Gasteiger partial charge on any atom is -0.493 e. The van der Waals surface area contributed by atoms with Crippen LogP contribution in [0.3, 0.4) is 0 Å². The van der Waals surface area contributed by atoms with E-state index in [1.807, 2.05) is 0 Å². The monoisotopic (exact) mass is 464 g/mol. The van der Waals surface area contributed by atoms with Crippen LogP contribution in [0.1, 0.15) is 15.9 Å². The topological polar surface area (TPSA) is 117 Å². The molecule has 0 atom stereocenters. The van der Waals surface area contributed by atoms with Crippen LogP contribution in [0.5, 0.6) is 11.5 Å². The average molecular weight is 464 g/mol. The zero-order valence-corrected chi connectivity index (χ0v) is 15.9. The maximum absolute atomic E-state index is 12.5. The number of amides is 1. The van der Waals surface area contributed by atoms with Gasteiger partial charge in [0.15, 0.2) is 18.1 Å². The molecule has 0 aliphatic rings. The van der Waals surface area contributed by atoms with E-state index < -0.39 is 64.5 Å². The van der Waals surface area contributed by atoms with Crippen molar-refractivity contribution in [1.29, 1.82) is 0 Å². The molecule has 0 saturated carbocycles. The number of carbonyl (C=O) groups excluding carboxylic acids is 2. The van der Waals surface area contributed by atoms with E-state index in [1.54, 1.807) is 0 Å². The molecule has 32 heavy (non-hydrogen) atoms. The van der Waals surface area contributed by atoms with Gasteiger partial charge in [0.05, 0.1) is 23.7 Å². The van der Waals surface area contributed by atoms with E-state index in [4.69, 9.17) is 4.74 Å². The summed E-state index contributed by atoms with van der Waals surface area (Å²) in [4.78, 5) is 34.2. The molecule has 1 N–H and O–H groups in total. The Morgan fingerprint density at radius 2 is 1.75 bits per heavy atom. The Morgan fingerprint density at radius 3 is 2.25 bits per heavy atom. The van der Waals surface area contributed by atoms with E-state index in [-0.39, 0.29) is 5.69 Å². The number of carbonyl (C=O) groups is 2. The summed E-state index contributed by atoms with van der Waals surface area (Å²) in [6.07, 6.45) is -4.57. The van der Waals surface area contributed by atoms with Gasteiger partial charge in [0.25, 0.3) is 11.6 Å². The Balaban J connectivity index is 2.11. The van der Waals surface area contributed by atoms with Gasteiger partial charge in [-0.25, -0.2) is 4.79 Å². The Kier molecular flexibility index (Phi) is 7.51. The minimum absolute atomic E-state index is 0.0276. The van der Waals surface area contributed by atoms with Gasteiger partial charge in [0.1, 0.15) is 5.56 Å². The van der Waals surface area contributed by atoms with E-state index >= 15 is 0 Å². The molecule has 0 aliphatic carbocycles. The van der Waals surface area contributed by atoms with Gasteiger partial charge >= 0.3 is 18.8 Å². The maximum atomic E-state index is 12.5. The van der Waals surface area contributed by atoms with Crippen LogP contribution in [0.2, 0.25) is 0 Å². The Hall–Kier alpha value is -3.97. The predicted octanol–water partition coefficient (Wildman–Crippen LogP) is 4.02. The molecule has 0 saturated heterocycles. The molecular formula is C18H13F5N2O7. The molecule has 0 fully saturated rings. The molecule has 9 nitrogen and oxygen atoms in total. The zero-order chi connectivity index (χ0) is 24.1. The van der Waals surface area contributed by atoms with Crippen molar-refractivity contribution < 1.29 is 50.7 Å². The lowest BCUT2D eigenvalue weighted by molar-refractivity contribution is -0.385. The number of nitro benzene ring substituents is 1. The van der Waals surface area contributed by atoms with Crippen LogP contribution in [0, 0.1) is 10.1 Å². The molecule has 2 rings (SSSR count). The maximum Gasteiger partial charge on any atom is 0.416 e. The van der Waals surface area contributed by atoms with Crippen LogP contribution in [-0.4, -0.2) is 37.1 Å². The molecule has 0 radical (unpaired) electrons. The molecule has 14 heteroatoms. The Morgan fingerprint density at radius 1 is 1.12 bits per heavy atom. The first-order chi connectivity index (χ1) is 14.9. The van der Waals surface area contributed by atoms with Gasteiger partial charge in [-0.3, -0.25) is 14.9 Å². The van der Waals surface area contributed by atoms with Gasteiger partial charge in [-0.1, -0.05) is 0 Å². The van der Waals surface area contributed by atoms with Crippen LogP contribution in [0.25, 0.3) is 0 Å². The lowest BCUT2D eigenvalue weighted by Gasteiger charge is -2.12. The molecule has 0 spiro atoms. The van der Waals surface area contributed by atoms with Crippen LogP contribution >= 0.6 is 0 Å². The van der Waals surface area contributed by atoms with Gasteiger partial charge in [-0.15, -0.1) is 0 Å². The number of benzene rings is 2. The summed E-state index contributed by atoms with van der Waals surface area (Å²) in [5.41, 5.74) is -2.63. The summed E-state index contributed by atoms with van der Waals surface area (Å²) in [5, 5.41) is 13.4. The second-order valence-corrected chi connectivity index (χ2v) is 5.86. The highest BCUT2D eigenvalue weighted by atomic mass is 19.4. The number of methoxy groups -OCH3 is 1. The van der Waals surface area contributed by atoms with E-state index in [2.05, 4.69) is 14.8 Å². The van der Waals surface area contributed by atoms with Crippen molar-refractivity contribution in [2.24, 2.45) is 0 Å². The molecular weight excluding hydrogens is 451 g/mol. The van der Waals surface area contributed by atoms with Gasteiger partial charge in [-0.05, 0) is 24.3 Å². The third-order valence-electron chi connectivity index (χ3n) is 3.74. The Bertz CT molecular complexity index is 1010. The van der Waals surface area contributed by atoms with Crippen molar-refractivity contribution >= 4 is 23.3 Å². The van der Waals surface area contributed by atoms with Gasteiger partial charge < -0.3 is 19.5 Å². The standard InChI is InChI=1S/C18H13F5N2O7/c1-30-13-6-11(12(25(28)29)7-14(13)32-17(19)20)16(27)31-8-15(26)24-10-4-2-9(3-5-10)18(21,22)23/h2-7,17H,8H2,1H3,(H,24,26). The second-order valence-electron chi connectivity index (χ2n) is 5.86. The molecule has 2 aromatic rings. The number of ether oxygens (including phenoxy) is 3. The first-order valence-electron chi connectivity index (χ1n) is 8.38. The number of nitro groups is 1. The molecule has 1 amide bonds. The van der Waals surface area contributed by atoms with Crippen molar-refractivity contribution in [1.82, 2.24) is 0 Å². The normalized spacial score (nSPS) is 11.1. The number of nitrogens with zero attached hydrogens (tertiary/aromatic N) is 1. The fraction of sp³-hybridized carbons (Fsp3) is 0.222. The van der Waals surface area contributed by atoms with Crippen LogP contribution in [-0.2, 0) is 15.7 Å². The van der Waals surface area contributed by atoms with Crippen molar-refractivity contribution in [3.8, 4) is 11.5 Å². The lowest BCUT2D eigenvalue weighted by atomic mass is 10.1. The van der Waals surface area contributed by atoms with E-state index in [0.29, 0.717) is 6.07 Å². The minimum atomic E-state index is -4.57. The molecule has 2 aromatic carbocycles. The van der Waals surface area contributed by atoms with Gasteiger partial charge in [-0.2, -0.15) is 22.0 Å². The summed E-state index contributed by atoms with van der Waals surface area (Å²) in [6, 6.07) is 4.65. The number of esters is 1. The predicted molar refractivity (Wildman–Crippen MR) is 96.6 cm³/mol.